The third kappa shape index (κ3) is 2.70. The van der Waals surface area contributed by atoms with Gasteiger partial charge in [-0.15, -0.1) is 0 Å². The molecule has 0 radical (unpaired) electrons. The summed E-state index contributed by atoms with van der Waals surface area (Å²) >= 11 is 0. The van der Waals surface area contributed by atoms with Gasteiger partial charge in [-0.3, -0.25) is 4.90 Å². The number of nitrogens with zero attached hydrogens (tertiary/aromatic N) is 1. The summed E-state index contributed by atoms with van der Waals surface area (Å²) in [6.45, 7) is 6.74. The molecule has 0 amide bonds. The Hall–Kier alpha value is -1.00. The molecular formula is C14H20F2N2. The van der Waals surface area contributed by atoms with E-state index in [-0.39, 0.29) is 11.5 Å². The van der Waals surface area contributed by atoms with Gasteiger partial charge in [-0.1, -0.05) is 19.9 Å². The van der Waals surface area contributed by atoms with E-state index in [0.717, 1.165) is 25.1 Å². The van der Waals surface area contributed by atoms with Gasteiger partial charge in [-0.05, 0) is 36.1 Å². The topological polar surface area (TPSA) is 29.3 Å². The predicted molar refractivity (Wildman–Crippen MR) is 68.1 cm³/mol. The van der Waals surface area contributed by atoms with E-state index in [1.54, 1.807) is 6.07 Å². The third-order valence-electron chi connectivity index (χ3n) is 3.70. The van der Waals surface area contributed by atoms with Crippen molar-refractivity contribution in [2.24, 2.45) is 11.1 Å². The molecule has 1 aromatic carbocycles. The van der Waals surface area contributed by atoms with Crippen molar-refractivity contribution < 1.29 is 8.78 Å². The molecular weight excluding hydrogens is 234 g/mol. The Morgan fingerprint density at radius 1 is 1.33 bits per heavy atom. The summed E-state index contributed by atoms with van der Waals surface area (Å²) in [4.78, 5) is 2.26. The lowest BCUT2D eigenvalue weighted by atomic mass is 9.93. The zero-order valence-corrected chi connectivity index (χ0v) is 10.9. The van der Waals surface area contributed by atoms with Gasteiger partial charge in [-0.25, -0.2) is 8.78 Å². The van der Waals surface area contributed by atoms with Gasteiger partial charge in [0.1, 0.15) is 0 Å². The van der Waals surface area contributed by atoms with Crippen LogP contribution in [0.2, 0.25) is 0 Å². The third-order valence-corrected chi connectivity index (χ3v) is 3.70. The first-order valence-corrected chi connectivity index (χ1v) is 6.32. The van der Waals surface area contributed by atoms with Crippen molar-refractivity contribution in [1.29, 1.82) is 0 Å². The van der Waals surface area contributed by atoms with Crippen molar-refractivity contribution in [2.45, 2.75) is 26.3 Å². The Kier molecular flexibility index (Phi) is 3.69. The zero-order chi connectivity index (χ0) is 13.3. The highest BCUT2D eigenvalue weighted by atomic mass is 19.2. The number of nitrogens with two attached hydrogens (primary N) is 1. The van der Waals surface area contributed by atoms with Crippen LogP contribution >= 0.6 is 0 Å². The minimum atomic E-state index is -0.809. The van der Waals surface area contributed by atoms with Crippen molar-refractivity contribution in [3.63, 3.8) is 0 Å². The Bertz CT molecular complexity index is 432. The van der Waals surface area contributed by atoms with Crippen LogP contribution in [0.1, 0.15) is 31.9 Å². The van der Waals surface area contributed by atoms with Crippen LogP contribution in [-0.4, -0.2) is 24.5 Å². The van der Waals surface area contributed by atoms with Gasteiger partial charge in [0.25, 0.3) is 0 Å². The lowest BCUT2D eigenvalue weighted by molar-refractivity contribution is 0.223. The molecule has 0 aliphatic carbocycles. The Morgan fingerprint density at radius 2 is 2.06 bits per heavy atom. The first-order chi connectivity index (χ1) is 8.43. The molecule has 4 heteroatoms. The van der Waals surface area contributed by atoms with Crippen LogP contribution in [0.5, 0.6) is 0 Å². The van der Waals surface area contributed by atoms with Gasteiger partial charge in [0.15, 0.2) is 11.6 Å². The van der Waals surface area contributed by atoms with Crippen LogP contribution in [0.4, 0.5) is 8.78 Å². The molecule has 100 valence electrons. The average molecular weight is 254 g/mol. The van der Waals surface area contributed by atoms with E-state index in [9.17, 15) is 8.78 Å². The minimum absolute atomic E-state index is 0.0260. The lowest BCUT2D eigenvalue weighted by Gasteiger charge is -2.28. The molecule has 1 aromatic rings. The molecule has 1 heterocycles. The van der Waals surface area contributed by atoms with Crippen LogP contribution < -0.4 is 5.73 Å². The molecule has 1 aliphatic rings. The average Bonchev–Trinajstić information content (AvgIpc) is 2.65. The molecule has 1 fully saturated rings. The van der Waals surface area contributed by atoms with Crippen molar-refractivity contribution in [2.75, 3.05) is 19.6 Å². The summed E-state index contributed by atoms with van der Waals surface area (Å²) in [6.07, 6.45) is 1.10. The molecule has 1 unspecified atom stereocenters. The molecule has 0 bridgehead atoms. The first kappa shape index (κ1) is 13.4. The highest BCUT2D eigenvalue weighted by Crippen LogP contribution is 2.34. The minimum Gasteiger partial charge on any atom is -0.329 e. The van der Waals surface area contributed by atoms with Gasteiger partial charge in [0, 0.05) is 19.1 Å². The molecule has 2 N–H and O–H groups in total. The fraction of sp³-hybridized carbons (Fsp3) is 0.571. The summed E-state index contributed by atoms with van der Waals surface area (Å²) < 4.78 is 26.2. The summed E-state index contributed by atoms with van der Waals surface area (Å²) in [5.41, 5.74) is 6.83. The summed E-state index contributed by atoms with van der Waals surface area (Å²) in [7, 11) is 0. The SMILES string of the molecule is CC1(C)CCN(C(CN)c2ccc(F)c(F)c2)C1. The van der Waals surface area contributed by atoms with Crippen molar-refractivity contribution in [3.05, 3.63) is 35.4 Å². The van der Waals surface area contributed by atoms with E-state index < -0.39 is 11.6 Å². The van der Waals surface area contributed by atoms with E-state index in [4.69, 9.17) is 5.73 Å². The van der Waals surface area contributed by atoms with Gasteiger partial charge in [0.2, 0.25) is 0 Å². The fourth-order valence-corrected chi connectivity index (χ4v) is 2.64. The molecule has 0 saturated carbocycles. The van der Waals surface area contributed by atoms with Crippen LogP contribution in [0.3, 0.4) is 0 Å². The highest BCUT2D eigenvalue weighted by Gasteiger charge is 2.33. The molecule has 0 aromatic heterocycles. The molecule has 2 nitrogen and oxygen atoms in total. The van der Waals surface area contributed by atoms with Crippen LogP contribution in [-0.2, 0) is 0 Å². The van der Waals surface area contributed by atoms with Crippen molar-refractivity contribution in [3.8, 4) is 0 Å². The smallest absolute Gasteiger partial charge is 0.159 e. The van der Waals surface area contributed by atoms with Gasteiger partial charge >= 0.3 is 0 Å². The van der Waals surface area contributed by atoms with Crippen molar-refractivity contribution in [1.82, 2.24) is 4.90 Å². The predicted octanol–water partition coefficient (Wildman–Crippen LogP) is 2.70. The van der Waals surface area contributed by atoms with E-state index in [1.807, 2.05) is 0 Å². The lowest BCUT2D eigenvalue weighted by Crippen LogP contribution is -2.33. The maximum absolute atomic E-state index is 13.3. The maximum Gasteiger partial charge on any atom is 0.159 e. The number of rotatable bonds is 3. The quantitative estimate of drug-likeness (QED) is 0.898. The zero-order valence-electron chi connectivity index (χ0n) is 10.9. The molecule has 1 aliphatic heterocycles. The number of likely N-dealkylation sites (tertiary alicyclic amines) is 1. The van der Waals surface area contributed by atoms with Crippen molar-refractivity contribution >= 4 is 0 Å². The second kappa shape index (κ2) is 4.94. The maximum atomic E-state index is 13.3. The van der Waals surface area contributed by atoms with E-state index in [2.05, 4.69) is 18.7 Å². The molecule has 18 heavy (non-hydrogen) atoms. The molecule has 1 saturated heterocycles. The first-order valence-electron chi connectivity index (χ1n) is 6.32. The number of halogens is 2. The van der Waals surface area contributed by atoms with Crippen LogP contribution in [0.25, 0.3) is 0 Å². The van der Waals surface area contributed by atoms with Crippen LogP contribution in [0, 0.1) is 17.0 Å². The summed E-state index contributed by atoms with van der Waals surface area (Å²) in [5, 5.41) is 0. The number of hydrogen-bond donors (Lipinski definition) is 1. The Labute approximate surface area is 107 Å². The van der Waals surface area contributed by atoms with E-state index >= 15 is 0 Å². The van der Waals surface area contributed by atoms with Crippen LogP contribution in [0.15, 0.2) is 18.2 Å². The second-order valence-electron chi connectivity index (χ2n) is 5.81. The normalized spacial score (nSPS) is 21.2. The van der Waals surface area contributed by atoms with Gasteiger partial charge in [0.05, 0.1) is 0 Å². The summed E-state index contributed by atoms with van der Waals surface area (Å²) in [6, 6.07) is 4.04. The number of hydrogen-bond acceptors (Lipinski definition) is 2. The standard InChI is InChI=1S/C14H20F2N2/c1-14(2)5-6-18(9-14)13(8-17)10-3-4-11(15)12(16)7-10/h3-4,7,13H,5-6,8-9,17H2,1-2H3. The summed E-state index contributed by atoms with van der Waals surface area (Å²) in [5.74, 6) is -1.61. The molecule has 1 atom stereocenters. The Balaban J connectivity index is 2.21. The van der Waals surface area contributed by atoms with E-state index in [1.165, 1.54) is 12.1 Å². The fourth-order valence-electron chi connectivity index (χ4n) is 2.64. The molecule has 2 rings (SSSR count). The number of benzene rings is 1. The van der Waals surface area contributed by atoms with Gasteiger partial charge < -0.3 is 5.73 Å². The highest BCUT2D eigenvalue weighted by molar-refractivity contribution is 5.22. The monoisotopic (exact) mass is 254 g/mol. The largest absolute Gasteiger partial charge is 0.329 e. The van der Waals surface area contributed by atoms with E-state index in [0.29, 0.717) is 6.54 Å². The molecule has 0 spiro atoms. The van der Waals surface area contributed by atoms with Gasteiger partial charge in [-0.2, -0.15) is 0 Å². The second-order valence-corrected chi connectivity index (χ2v) is 5.81. The Morgan fingerprint density at radius 3 is 2.56 bits per heavy atom.